The molecule has 2 rings (SSSR count). The number of hydrogen-bond acceptors (Lipinski definition) is 7. The predicted octanol–water partition coefficient (Wildman–Crippen LogP) is -0.912. The number of benzene rings is 1. The van der Waals surface area contributed by atoms with E-state index in [1.807, 2.05) is 0 Å². The summed E-state index contributed by atoms with van der Waals surface area (Å²) in [6.45, 7) is 4.54. The summed E-state index contributed by atoms with van der Waals surface area (Å²) in [6.07, 6.45) is -0.705. The maximum absolute atomic E-state index is 13.1. The van der Waals surface area contributed by atoms with Crippen molar-refractivity contribution in [1.82, 2.24) is 20.9 Å². The third kappa shape index (κ3) is 8.02. The van der Waals surface area contributed by atoms with E-state index in [0.717, 1.165) is 10.9 Å². The second-order valence-corrected chi connectivity index (χ2v) is 9.12. The van der Waals surface area contributed by atoms with E-state index in [9.17, 15) is 39.3 Å². The maximum atomic E-state index is 13.1. The number of aromatic nitrogens is 1. The van der Waals surface area contributed by atoms with Gasteiger partial charge < -0.3 is 42.0 Å². The summed E-state index contributed by atoms with van der Waals surface area (Å²) in [4.78, 5) is 64.5. The first kappa shape index (κ1) is 29.3. The minimum absolute atomic E-state index is 0.104. The number of hydrogen-bond donors (Lipinski definition) is 8. The summed E-state index contributed by atoms with van der Waals surface area (Å²) in [5.74, 6) is -5.80. The normalized spacial score (nSPS) is 15.3. The van der Waals surface area contributed by atoms with Crippen molar-refractivity contribution in [1.29, 1.82) is 0 Å². The Morgan fingerprint density at radius 2 is 1.51 bits per heavy atom. The molecule has 1 heterocycles. The van der Waals surface area contributed by atoms with E-state index in [-0.39, 0.29) is 12.3 Å². The Balaban J connectivity index is 2.34. The predicted molar refractivity (Wildman–Crippen MR) is 132 cm³/mol. The van der Waals surface area contributed by atoms with Crippen LogP contribution in [0.5, 0.6) is 0 Å². The molecule has 0 saturated heterocycles. The van der Waals surface area contributed by atoms with E-state index in [4.69, 9.17) is 5.73 Å². The number of aromatic amines is 1. The number of aliphatic hydroxyl groups excluding tert-OH is 1. The molecule has 0 bridgehead atoms. The highest BCUT2D eigenvalue weighted by atomic mass is 16.4. The van der Waals surface area contributed by atoms with Gasteiger partial charge in [-0.1, -0.05) is 32.0 Å². The molecule has 202 valence electrons. The molecule has 0 aliphatic heterocycles. The van der Waals surface area contributed by atoms with E-state index in [1.165, 1.54) is 6.92 Å². The van der Waals surface area contributed by atoms with Gasteiger partial charge in [-0.15, -0.1) is 0 Å². The van der Waals surface area contributed by atoms with Crippen LogP contribution in [0.2, 0.25) is 0 Å². The Morgan fingerprint density at radius 1 is 0.919 bits per heavy atom. The van der Waals surface area contributed by atoms with Crippen molar-refractivity contribution < 1.29 is 39.3 Å². The zero-order valence-electron chi connectivity index (χ0n) is 20.7. The molecule has 5 unspecified atom stereocenters. The standard InChI is InChI=1S/C24H33N5O8/c1-11(2)19(25)23(35)28-17(9-18(31)32)21(33)27-16(22(34)29-20(12(3)30)24(36)37)8-13-10-26-15-7-5-4-6-14(13)15/h4-7,10-12,16-17,19-20,26,30H,8-9,25H2,1-3H3,(H,27,33)(H,28,35)(H,29,34)(H,31,32)(H,36,37). The van der Waals surface area contributed by atoms with Gasteiger partial charge in [-0.3, -0.25) is 19.2 Å². The molecular formula is C24H33N5O8. The highest BCUT2D eigenvalue weighted by Gasteiger charge is 2.33. The number of aliphatic carboxylic acids is 2. The van der Waals surface area contributed by atoms with Crippen molar-refractivity contribution >= 4 is 40.6 Å². The van der Waals surface area contributed by atoms with Crippen molar-refractivity contribution in [3.63, 3.8) is 0 Å². The van der Waals surface area contributed by atoms with Crippen molar-refractivity contribution in [2.75, 3.05) is 0 Å². The fourth-order valence-electron chi connectivity index (χ4n) is 3.60. The summed E-state index contributed by atoms with van der Waals surface area (Å²) in [5.41, 5.74) is 7.18. The number of aliphatic hydroxyl groups is 1. The highest BCUT2D eigenvalue weighted by Crippen LogP contribution is 2.19. The molecule has 0 radical (unpaired) electrons. The largest absolute Gasteiger partial charge is 0.481 e. The zero-order valence-corrected chi connectivity index (χ0v) is 20.7. The van der Waals surface area contributed by atoms with E-state index < -0.39 is 66.4 Å². The van der Waals surface area contributed by atoms with Crippen LogP contribution >= 0.6 is 0 Å². The Labute approximate surface area is 212 Å². The van der Waals surface area contributed by atoms with E-state index >= 15 is 0 Å². The first-order valence-corrected chi connectivity index (χ1v) is 11.7. The quantitative estimate of drug-likeness (QED) is 0.164. The Morgan fingerprint density at radius 3 is 2.08 bits per heavy atom. The van der Waals surface area contributed by atoms with Gasteiger partial charge in [0, 0.05) is 23.5 Å². The van der Waals surface area contributed by atoms with Gasteiger partial charge in [0.05, 0.1) is 18.6 Å². The number of para-hydroxylation sites is 1. The third-order valence-corrected chi connectivity index (χ3v) is 5.81. The number of amides is 3. The van der Waals surface area contributed by atoms with Gasteiger partial charge in [0.15, 0.2) is 6.04 Å². The third-order valence-electron chi connectivity index (χ3n) is 5.81. The zero-order chi connectivity index (χ0) is 27.9. The van der Waals surface area contributed by atoms with Crippen LogP contribution in [0.4, 0.5) is 0 Å². The minimum atomic E-state index is -1.66. The van der Waals surface area contributed by atoms with Gasteiger partial charge >= 0.3 is 11.9 Å². The first-order valence-electron chi connectivity index (χ1n) is 11.7. The van der Waals surface area contributed by atoms with Gasteiger partial charge in [-0.25, -0.2) is 4.79 Å². The number of nitrogens with one attached hydrogen (secondary N) is 4. The molecule has 13 heteroatoms. The SMILES string of the molecule is CC(C)C(N)C(=O)NC(CC(=O)O)C(=O)NC(Cc1c[nH]c2ccccc12)C(=O)NC(C(=O)O)C(C)O. The number of fused-ring (bicyclic) bond motifs is 1. The maximum Gasteiger partial charge on any atom is 0.328 e. The fraction of sp³-hybridized carbons (Fsp3) is 0.458. The van der Waals surface area contributed by atoms with Crippen LogP contribution in [-0.2, 0) is 30.4 Å². The number of H-pyrrole nitrogens is 1. The number of nitrogens with two attached hydrogens (primary N) is 1. The number of carbonyl (C=O) groups is 5. The van der Waals surface area contributed by atoms with Gasteiger partial charge in [0.2, 0.25) is 17.7 Å². The van der Waals surface area contributed by atoms with E-state index in [1.54, 1.807) is 44.3 Å². The van der Waals surface area contributed by atoms with Crippen LogP contribution in [0.1, 0.15) is 32.8 Å². The summed E-state index contributed by atoms with van der Waals surface area (Å²) in [5, 5.41) is 36.1. The van der Waals surface area contributed by atoms with Crippen molar-refractivity contribution in [3.8, 4) is 0 Å². The molecule has 0 fully saturated rings. The lowest BCUT2D eigenvalue weighted by Crippen LogP contribution is -2.59. The van der Waals surface area contributed by atoms with E-state index in [0.29, 0.717) is 5.56 Å². The second kappa shape index (κ2) is 12.8. The lowest BCUT2D eigenvalue weighted by molar-refractivity contribution is -0.145. The smallest absolute Gasteiger partial charge is 0.328 e. The van der Waals surface area contributed by atoms with Gasteiger partial charge in [0.1, 0.15) is 12.1 Å². The van der Waals surface area contributed by atoms with Crippen LogP contribution in [0, 0.1) is 5.92 Å². The Bertz CT molecular complexity index is 1150. The minimum Gasteiger partial charge on any atom is -0.481 e. The van der Waals surface area contributed by atoms with Crippen LogP contribution < -0.4 is 21.7 Å². The van der Waals surface area contributed by atoms with Crippen molar-refractivity contribution in [2.24, 2.45) is 11.7 Å². The Hall–Kier alpha value is -3.97. The lowest BCUT2D eigenvalue weighted by Gasteiger charge is -2.25. The molecule has 9 N–H and O–H groups in total. The molecule has 1 aromatic carbocycles. The summed E-state index contributed by atoms with van der Waals surface area (Å²) < 4.78 is 0. The molecule has 5 atom stereocenters. The van der Waals surface area contributed by atoms with Gasteiger partial charge in [-0.05, 0) is 24.5 Å². The number of rotatable bonds is 13. The average Bonchev–Trinajstić information content (AvgIpc) is 3.22. The summed E-state index contributed by atoms with van der Waals surface area (Å²) in [7, 11) is 0. The Kier molecular flexibility index (Phi) is 10.1. The van der Waals surface area contributed by atoms with Crippen LogP contribution in [0.25, 0.3) is 10.9 Å². The molecule has 3 amide bonds. The van der Waals surface area contributed by atoms with Gasteiger partial charge in [0.25, 0.3) is 0 Å². The topological polar surface area (TPSA) is 224 Å². The molecule has 37 heavy (non-hydrogen) atoms. The molecule has 2 aromatic rings. The summed E-state index contributed by atoms with van der Waals surface area (Å²) in [6, 6.07) is 1.57. The van der Waals surface area contributed by atoms with Crippen LogP contribution in [0.15, 0.2) is 30.5 Å². The second-order valence-electron chi connectivity index (χ2n) is 9.12. The molecule has 0 saturated carbocycles. The number of carboxylic acids is 2. The number of carbonyl (C=O) groups excluding carboxylic acids is 3. The van der Waals surface area contributed by atoms with Crippen LogP contribution in [-0.4, -0.2) is 80.2 Å². The first-order chi connectivity index (χ1) is 17.3. The molecular weight excluding hydrogens is 486 g/mol. The van der Waals surface area contributed by atoms with Crippen molar-refractivity contribution in [3.05, 3.63) is 36.0 Å². The van der Waals surface area contributed by atoms with Gasteiger partial charge in [-0.2, -0.15) is 0 Å². The average molecular weight is 520 g/mol. The molecule has 1 aromatic heterocycles. The molecule has 0 aliphatic carbocycles. The lowest BCUT2D eigenvalue weighted by atomic mass is 10.0. The highest BCUT2D eigenvalue weighted by molar-refractivity contribution is 5.96. The van der Waals surface area contributed by atoms with Crippen LogP contribution in [0.3, 0.4) is 0 Å². The summed E-state index contributed by atoms with van der Waals surface area (Å²) >= 11 is 0. The fourth-order valence-corrected chi connectivity index (χ4v) is 3.60. The van der Waals surface area contributed by atoms with Crippen molar-refractivity contribution in [2.45, 2.75) is 63.9 Å². The molecule has 0 aliphatic rings. The van der Waals surface area contributed by atoms with E-state index in [2.05, 4.69) is 20.9 Å². The molecule has 13 nitrogen and oxygen atoms in total. The molecule has 0 spiro atoms. The number of carboxylic acid groups (broad SMARTS) is 2. The monoisotopic (exact) mass is 519 g/mol.